The third-order valence-electron chi connectivity index (χ3n) is 4.67. The number of methoxy groups -OCH3 is 1. The molecule has 1 aromatic heterocycles. The minimum atomic E-state index is -0.423. The SMILES string of the molecule is COC(=O)c1cccc(NC(=O)C2CCN(c3nc(C)cc(C)n3)CC2)c1. The minimum Gasteiger partial charge on any atom is -0.465 e. The fourth-order valence-corrected chi connectivity index (χ4v) is 3.28. The summed E-state index contributed by atoms with van der Waals surface area (Å²) < 4.78 is 4.71. The molecular weight excluding hydrogens is 344 g/mol. The third-order valence-corrected chi connectivity index (χ3v) is 4.67. The number of nitrogens with zero attached hydrogens (tertiary/aromatic N) is 3. The summed E-state index contributed by atoms with van der Waals surface area (Å²) >= 11 is 0. The van der Waals surface area contributed by atoms with E-state index in [4.69, 9.17) is 4.74 Å². The molecule has 27 heavy (non-hydrogen) atoms. The highest BCUT2D eigenvalue weighted by atomic mass is 16.5. The molecule has 142 valence electrons. The van der Waals surface area contributed by atoms with Crippen LogP contribution in [0.15, 0.2) is 30.3 Å². The van der Waals surface area contributed by atoms with E-state index in [9.17, 15) is 9.59 Å². The number of ether oxygens (including phenoxy) is 1. The standard InChI is InChI=1S/C20H24N4O3/c1-13-11-14(2)22-20(21-13)24-9-7-15(8-10-24)18(25)23-17-6-4-5-16(12-17)19(26)27-3/h4-6,11-12,15H,7-10H2,1-3H3,(H,23,25). The Morgan fingerprint density at radius 3 is 2.41 bits per heavy atom. The third kappa shape index (κ3) is 4.61. The highest BCUT2D eigenvalue weighted by Gasteiger charge is 2.26. The van der Waals surface area contributed by atoms with Gasteiger partial charge in [-0.25, -0.2) is 14.8 Å². The number of piperidine rings is 1. The van der Waals surface area contributed by atoms with E-state index in [1.165, 1.54) is 7.11 Å². The van der Waals surface area contributed by atoms with Gasteiger partial charge in [-0.15, -0.1) is 0 Å². The Morgan fingerprint density at radius 2 is 1.78 bits per heavy atom. The number of aromatic nitrogens is 2. The molecular formula is C20H24N4O3. The summed E-state index contributed by atoms with van der Waals surface area (Å²) in [4.78, 5) is 35.3. The van der Waals surface area contributed by atoms with Crippen molar-refractivity contribution in [3.8, 4) is 0 Å². The van der Waals surface area contributed by atoms with Gasteiger partial charge in [-0.05, 0) is 51.0 Å². The molecule has 1 aliphatic rings. The van der Waals surface area contributed by atoms with Crippen LogP contribution in [0.4, 0.5) is 11.6 Å². The van der Waals surface area contributed by atoms with Crippen molar-refractivity contribution in [3.63, 3.8) is 0 Å². The van der Waals surface area contributed by atoms with Crippen molar-refractivity contribution in [2.24, 2.45) is 5.92 Å². The molecule has 0 bridgehead atoms. The van der Waals surface area contributed by atoms with Crippen molar-refractivity contribution < 1.29 is 14.3 Å². The maximum absolute atomic E-state index is 12.6. The highest BCUT2D eigenvalue weighted by molar-refractivity contribution is 5.95. The molecule has 2 aromatic rings. The van der Waals surface area contributed by atoms with E-state index in [-0.39, 0.29) is 11.8 Å². The first-order valence-electron chi connectivity index (χ1n) is 9.02. The number of carbonyl (C=O) groups excluding carboxylic acids is 2. The number of aryl methyl sites for hydroxylation is 2. The molecule has 1 amide bonds. The maximum atomic E-state index is 12.6. The summed E-state index contributed by atoms with van der Waals surface area (Å²) in [6.45, 7) is 5.40. The van der Waals surface area contributed by atoms with Gasteiger partial charge in [-0.1, -0.05) is 6.07 Å². The zero-order valence-electron chi connectivity index (χ0n) is 15.9. The molecule has 1 N–H and O–H groups in total. The van der Waals surface area contributed by atoms with Gasteiger partial charge in [-0.3, -0.25) is 4.79 Å². The Bertz CT molecular complexity index is 825. The van der Waals surface area contributed by atoms with Crippen LogP contribution >= 0.6 is 0 Å². The summed E-state index contributed by atoms with van der Waals surface area (Å²) in [7, 11) is 1.33. The Kier molecular flexibility index (Phi) is 5.69. The van der Waals surface area contributed by atoms with E-state index >= 15 is 0 Å². The van der Waals surface area contributed by atoms with Crippen LogP contribution in [0.2, 0.25) is 0 Å². The number of esters is 1. The van der Waals surface area contributed by atoms with Crippen molar-refractivity contribution in [1.29, 1.82) is 0 Å². The fourth-order valence-electron chi connectivity index (χ4n) is 3.28. The first-order chi connectivity index (χ1) is 13.0. The molecule has 7 heteroatoms. The Morgan fingerprint density at radius 1 is 1.11 bits per heavy atom. The molecule has 0 atom stereocenters. The Balaban J connectivity index is 1.59. The van der Waals surface area contributed by atoms with E-state index in [1.54, 1.807) is 24.3 Å². The zero-order chi connectivity index (χ0) is 19.4. The largest absolute Gasteiger partial charge is 0.465 e. The topological polar surface area (TPSA) is 84.4 Å². The zero-order valence-corrected chi connectivity index (χ0v) is 15.9. The van der Waals surface area contributed by atoms with Gasteiger partial charge >= 0.3 is 5.97 Å². The van der Waals surface area contributed by atoms with Gasteiger partial charge in [0, 0.05) is 36.1 Å². The molecule has 0 spiro atoms. The molecule has 7 nitrogen and oxygen atoms in total. The predicted octanol–water partition coefficient (Wildman–Crippen LogP) is 2.74. The molecule has 0 saturated carbocycles. The average molecular weight is 368 g/mol. The predicted molar refractivity (Wildman–Crippen MR) is 103 cm³/mol. The molecule has 0 radical (unpaired) electrons. The van der Waals surface area contributed by atoms with Crippen LogP contribution < -0.4 is 10.2 Å². The first-order valence-corrected chi connectivity index (χ1v) is 9.02. The van der Waals surface area contributed by atoms with E-state index in [0.717, 1.165) is 43.3 Å². The van der Waals surface area contributed by atoms with Gasteiger partial charge in [0.15, 0.2) is 0 Å². The summed E-state index contributed by atoms with van der Waals surface area (Å²) in [6, 6.07) is 8.73. The number of hydrogen-bond acceptors (Lipinski definition) is 6. The molecule has 0 aliphatic carbocycles. The van der Waals surface area contributed by atoms with Gasteiger partial charge in [0.1, 0.15) is 0 Å². The number of benzene rings is 1. The fraction of sp³-hybridized carbons (Fsp3) is 0.400. The summed E-state index contributed by atoms with van der Waals surface area (Å²) in [5, 5.41) is 2.91. The molecule has 0 unspecified atom stereocenters. The monoisotopic (exact) mass is 368 g/mol. The molecule has 1 saturated heterocycles. The van der Waals surface area contributed by atoms with Crippen molar-refractivity contribution in [2.45, 2.75) is 26.7 Å². The highest BCUT2D eigenvalue weighted by Crippen LogP contribution is 2.23. The van der Waals surface area contributed by atoms with E-state index in [1.807, 2.05) is 19.9 Å². The van der Waals surface area contributed by atoms with Crippen LogP contribution in [-0.2, 0) is 9.53 Å². The van der Waals surface area contributed by atoms with Crippen LogP contribution in [0.25, 0.3) is 0 Å². The molecule has 1 aromatic carbocycles. The van der Waals surface area contributed by atoms with Gasteiger partial charge in [-0.2, -0.15) is 0 Å². The number of carbonyl (C=O) groups is 2. The summed E-state index contributed by atoms with van der Waals surface area (Å²) in [6.07, 6.45) is 1.47. The quantitative estimate of drug-likeness (QED) is 0.836. The lowest BCUT2D eigenvalue weighted by atomic mass is 9.96. The smallest absolute Gasteiger partial charge is 0.337 e. The van der Waals surface area contributed by atoms with Crippen molar-refractivity contribution in [1.82, 2.24) is 9.97 Å². The van der Waals surface area contributed by atoms with Crippen molar-refractivity contribution >= 4 is 23.5 Å². The van der Waals surface area contributed by atoms with Crippen LogP contribution in [0.1, 0.15) is 34.6 Å². The van der Waals surface area contributed by atoms with Crippen molar-refractivity contribution in [2.75, 3.05) is 30.4 Å². The summed E-state index contributed by atoms with van der Waals surface area (Å²) in [5.74, 6) is 0.205. The lowest BCUT2D eigenvalue weighted by molar-refractivity contribution is -0.120. The van der Waals surface area contributed by atoms with Gasteiger partial charge in [0.2, 0.25) is 11.9 Å². The van der Waals surface area contributed by atoms with Gasteiger partial charge in [0.05, 0.1) is 12.7 Å². The number of anilines is 2. The Labute approximate surface area is 158 Å². The van der Waals surface area contributed by atoms with E-state index < -0.39 is 5.97 Å². The first kappa shape index (κ1) is 18.8. The Hall–Kier alpha value is -2.96. The second kappa shape index (κ2) is 8.16. The van der Waals surface area contributed by atoms with Crippen molar-refractivity contribution in [3.05, 3.63) is 47.3 Å². The number of nitrogens with one attached hydrogen (secondary N) is 1. The number of amides is 1. The lowest BCUT2D eigenvalue weighted by Gasteiger charge is -2.31. The van der Waals surface area contributed by atoms with Crippen LogP contribution in [0.5, 0.6) is 0 Å². The number of rotatable bonds is 4. The molecule has 2 heterocycles. The van der Waals surface area contributed by atoms with E-state index in [0.29, 0.717) is 11.3 Å². The average Bonchev–Trinajstić information content (AvgIpc) is 2.67. The second-order valence-electron chi connectivity index (χ2n) is 6.77. The van der Waals surface area contributed by atoms with Crippen LogP contribution in [0.3, 0.4) is 0 Å². The van der Waals surface area contributed by atoms with Gasteiger partial charge in [0.25, 0.3) is 0 Å². The number of hydrogen-bond donors (Lipinski definition) is 1. The molecule has 3 rings (SSSR count). The summed E-state index contributed by atoms with van der Waals surface area (Å²) in [5.41, 5.74) is 2.91. The molecule has 1 fully saturated rings. The van der Waals surface area contributed by atoms with Crippen LogP contribution in [-0.4, -0.2) is 42.0 Å². The second-order valence-corrected chi connectivity index (χ2v) is 6.77. The molecule has 1 aliphatic heterocycles. The maximum Gasteiger partial charge on any atom is 0.337 e. The van der Waals surface area contributed by atoms with Crippen LogP contribution in [0, 0.1) is 19.8 Å². The normalized spacial score (nSPS) is 14.7. The minimum absolute atomic E-state index is 0.0296. The lowest BCUT2D eigenvalue weighted by Crippen LogP contribution is -2.39. The van der Waals surface area contributed by atoms with Gasteiger partial charge < -0.3 is 15.0 Å². The van der Waals surface area contributed by atoms with E-state index in [2.05, 4.69) is 20.2 Å².